The Balaban J connectivity index is -0.00000000500. The molecule has 0 heterocycles. The van der Waals surface area contributed by atoms with Crippen molar-refractivity contribution in [3.8, 4) is 0 Å². The Hall–Kier alpha value is 0.729. The van der Waals surface area contributed by atoms with Gasteiger partial charge in [0.1, 0.15) is 0 Å². The molecule has 2 nitrogen and oxygen atoms in total. The van der Waals surface area contributed by atoms with Crippen LogP contribution in [0.15, 0.2) is 0 Å². The minimum atomic E-state index is 0. The molecular formula is C2H9ClFeO2. The minimum absolute atomic E-state index is 0. The summed E-state index contributed by atoms with van der Waals surface area (Å²) in [6.07, 6.45) is 0. The average Bonchev–Trinajstić information content (AvgIpc) is 1.50. The first-order valence-corrected chi connectivity index (χ1v) is 0.894. The van der Waals surface area contributed by atoms with Gasteiger partial charge in [-0.3, -0.25) is 0 Å². The van der Waals surface area contributed by atoms with Gasteiger partial charge in [-0.15, -0.1) is 12.4 Å². The third kappa shape index (κ3) is 124. The Kier molecular flexibility index (Phi) is 1190. The van der Waals surface area contributed by atoms with E-state index in [1.165, 1.54) is 0 Å². The zero-order chi connectivity index (χ0) is 4.00. The fourth-order valence-electron chi connectivity index (χ4n) is 0. The summed E-state index contributed by atoms with van der Waals surface area (Å²) < 4.78 is 0. The molecule has 0 rings (SSSR count). The molecule has 2 N–H and O–H groups in total. The van der Waals surface area contributed by atoms with Gasteiger partial charge in [-0.25, -0.2) is 0 Å². The third-order valence-corrected chi connectivity index (χ3v) is 0. The molecule has 0 aliphatic rings. The first-order valence-electron chi connectivity index (χ1n) is 0.894. The molecule has 0 saturated carbocycles. The van der Waals surface area contributed by atoms with Gasteiger partial charge in [0.2, 0.25) is 0 Å². The molecule has 44 valence electrons. The van der Waals surface area contributed by atoms with Crippen molar-refractivity contribution in [3.63, 3.8) is 0 Å². The second kappa shape index (κ2) is 241. The SMILES string of the molecule is CO.CO.Cl.[Fe]. The van der Waals surface area contributed by atoms with E-state index >= 15 is 0 Å². The number of halogens is 1. The van der Waals surface area contributed by atoms with E-state index in [-0.39, 0.29) is 29.5 Å². The maximum atomic E-state index is 7.00. The van der Waals surface area contributed by atoms with Crippen molar-refractivity contribution in [2.45, 2.75) is 0 Å². The van der Waals surface area contributed by atoms with E-state index in [4.69, 9.17) is 10.2 Å². The summed E-state index contributed by atoms with van der Waals surface area (Å²) in [7, 11) is 2.00. The van der Waals surface area contributed by atoms with Gasteiger partial charge in [0, 0.05) is 31.3 Å². The van der Waals surface area contributed by atoms with Crippen LogP contribution < -0.4 is 0 Å². The second-order valence-corrected chi connectivity index (χ2v) is 0. The van der Waals surface area contributed by atoms with Gasteiger partial charge in [-0.2, -0.15) is 0 Å². The molecule has 6 heavy (non-hydrogen) atoms. The summed E-state index contributed by atoms with van der Waals surface area (Å²) in [6.45, 7) is 0. The second-order valence-electron chi connectivity index (χ2n) is 0. The van der Waals surface area contributed by atoms with Crippen LogP contribution in [0, 0.1) is 0 Å². The van der Waals surface area contributed by atoms with Crippen LogP contribution in [0.2, 0.25) is 0 Å². The van der Waals surface area contributed by atoms with Crippen LogP contribution in [0.4, 0.5) is 0 Å². The molecule has 0 aromatic carbocycles. The number of hydrogen-bond acceptors (Lipinski definition) is 2. The van der Waals surface area contributed by atoms with Crippen LogP contribution in [0.5, 0.6) is 0 Å². The van der Waals surface area contributed by atoms with Crippen molar-refractivity contribution in [1.82, 2.24) is 0 Å². The fraction of sp³-hybridized carbons (Fsp3) is 1.00. The van der Waals surface area contributed by atoms with Crippen molar-refractivity contribution >= 4 is 12.4 Å². The number of aliphatic hydroxyl groups is 2. The van der Waals surface area contributed by atoms with Gasteiger partial charge in [0.15, 0.2) is 0 Å². The van der Waals surface area contributed by atoms with E-state index in [2.05, 4.69) is 0 Å². The van der Waals surface area contributed by atoms with Gasteiger partial charge >= 0.3 is 0 Å². The number of hydrogen-bond donors (Lipinski definition) is 2. The molecule has 0 aromatic heterocycles. The number of aliphatic hydroxyl groups excluding tert-OH is 2. The fourth-order valence-corrected chi connectivity index (χ4v) is 0. The van der Waals surface area contributed by atoms with Gasteiger partial charge < -0.3 is 10.2 Å². The maximum absolute atomic E-state index is 7.00. The molecule has 0 unspecified atom stereocenters. The smallest absolute Gasteiger partial charge is 0.0319 e. The molecular weight excluding hydrogens is 147 g/mol. The van der Waals surface area contributed by atoms with Crippen LogP contribution in [-0.4, -0.2) is 24.4 Å². The molecule has 0 saturated heterocycles. The first kappa shape index (κ1) is 29.7. The van der Waals surface area contributed by atoms with Crippen molar-refractivity contribution in [2.75, 3.05) is 14.2 Å². The van der Waals surface area contributed by atoms with Crippen molar-refractivity contribution in [1.29, 1.82) is 0 Å². The molecule has 0 aliphatic carbocycles. The molecule has 4 heteroatoms. The van der Waals surface area contributed by atoms with Gasteiger partial charge in [-0.05, 0) is 0 Å². The normalized spacial score (nSPS) is 2.00. The van der Waals surface area contributed by atoms with Crippen LogP contribution in [-0.2, 0) is 17.1 Å². The molecule has 0 spiro atoms. The average molecular weight is 156 g/mol. The molecule has 0 radical (unpaired) electrons. The molecule has 0 atom stereocenters. The van der Waals surface area contributed by atoms with E-state index in [0.717, 1.165) is 14.2 Å². The minimum Gasteiger partial charge on any atom is -0.400 e. The van der Waals surface area contributed by atoms with Crippen LogP contribution in [0.3, 0.4) is 0 Å². The van der Waals surface area contributed by atoms with Crippen LogP contribution in [0.25, 0.3) is 0 Å². The summed E-state index contributed by atoms with van der Waals surface area (Å²) in [5.41, 5.74) is 0. The number of rotatable bonds is 0. The van der Waals surface area contributed by atoms with E-state index in [0.29, 0.717) is 0 Å². The van der Waals surface area contributed by atoms with E-state index in [1.807, 2.05) is 0 Å². The predicted octanol–water partition coefficient (Wildman–Crippen LogP) is -0.364. The summed E-state index contributed by atoms with van der Waals surface area (Å²) in [5.74, 6) is 0. The maximum Gasteiger partial charge on any atom is 0.0319 e. The van der Waals surface area contributed by atoms with Crippen molar-refractivity contribution < 1.29 is 27.3 Å². The van der Waals surface area contributed by atoms with Crippen molar-refractivity contribution in [3.05, 3.63) is 0 Å². The largest absolute Gasteiger partial charge is 0.400 e. The Morgan fingerprint density at radius 3 is 0.833 bits per heavy atom. The summed E-state index contributed by atoms with van der Waals surface area (Å²) in [4.78, 5) is 0. The quantitative estimate of drug-likeness (QED) is 0.470. The Morgan fingerprint density at radius 2 is 0.833 bits per heavy atom. The Bertz CT molecular complexity index is 11.5. The monoisotopic (exact) mass is 156 g/mol. The standard InChI is InChI=1S/2CH4O.ClH.Fe/c2*1-2;;/h2*2H,1H3;1H;. The van der Waals surface area contributed by atoms with E-state index in [9.17, 15) is 0 Å². The zero-order valence-corrected chi connectivity index (χ0v) is 5.58. The molecule has 0 aromatic rings. The van der Waals surface area contributed by atoms with E-state index < -0.39 is 0 Å². The van der Waals surface area contributed by atoms with Gasteiger partial charge in [0.05, 0.1) is 0 Å². The van der Waals surface area contributed by atoms with Gasteiger partial charge in [0.25, 0.3) is 0 Å². The zero-order valence-electron chi connectivity index (χ0n) is 3.66. The Morgan fingerprint density at radius 1 is 0.833 bits per heavy atom. The summed E-state index contributed by atoms with van der Waals surface area (Å²) in [6, 6.07) is 0. The molecule has 0 amide bonds. The predicted molar refractivity (Wildman–Crippen MR) is 23.5 cm³/mol. The van der Waals surface area contributed by atoms with Crippen LogP contribution in [0.1, 0.15) is 0 Å². The molecule has 0 fully saturated rings. The molecule has 0 bridgehead atoms. The Labute approximate surface area is 54.4 Å². The van der Waals surface area contributed by atoms with E-state index in [1.54, 1.807) is 0 Å². The summed E-state index contributed by atoms with van der Waals surface area (Å²) in [5, 5.41) is 14.0. The topological polar surface area (TPSA) is 40.5 Å². The first-order chi connectivity index (χ1) is 2.00. The summed E-state index contributed by atoms with van der Waals surface area (Å²) >= 11 is 0. The third-order valence-electron chi connectivity index (χ3n) is 0. The van der Waals surface area contributed by atoms with Gasteiger partial charge in [-0.1, -0.05) is 0 Å². The van der Waals surface area contributed by atoms with Crippen LogP contribution >= 0.6 is 12.4 Å². The van der Waals surface area contributed by atoms with Crippen molar-refractivity contribution in [2.24, 2.45) is 0 Å². The molecule has 0 aliphatic heterocycles.